The lowest BCUT2D eigenvalue weighted by molar-refractivity contribution is 0.172. The van der Waals surface area contributed by atoms with Crippen LogP contribution in [0.25, 0.3) is 0 Å². The molecule has 1 heterocycles. The largest absolute Gasteiger partial charge is 0.385 e. The number of aromatic nitrogens is 1. The molecule has 0 fully saturated rings. The number of methoxy groups -OCH3 is 1. The van der Waals surface area contributed by atoms with Crippen LogP contribution >= 0.6 is 11.3 Å². The average molecular weight is 228 g/mol. The predicted molar refractivity (Wildman–Crippen MR) is 64.2 cm³/mol. The van der Waals surface area contributed by atoms with E-state index in [1.165, 1.54) is 0 Å². The zero-order chi connectivity index (χ0) is 11.5. The summed E-state index contributed by atoms with van der Waals surface area (Å²) in [5.41, 5.74) is 6.97. The van der Waals surface area contributed by atoms with Crippen molar-refractivity contribution in [3.8, 4) is 0 Å². The summed E-state index contributed by atoms with van der Waals surface area (Å²) >= 11 is 1.64. The first-order chi connectivity index (χ1) is 6.97. The number of hydrogen-bond acceptors (Lipinski definition) is 4. The van der Waals surface area contributed by atoms with E-state index in [4.69, 9.17) is 10.5 Å². The number of nitrogens with zero attached hydrogens (tertiary/aromatic N) is 1. The smallest absolute Gasteiger partial charge is 0.113 e. The van der Waals surface area contributed by atoms with Crippen LogP contribution in [0.1, 0.15) is 43.8 Å². The molecule has 1 rings (SSSR count). The Morgan fingerprint density at radius 1 is 1.60 bits per heavy atom. The van der Waals surface area contributed by atoms with Crippen LogP contribution in [-0.2, 0) is 10.3 Å². The van der Waals surface area contributed by atoms with Crippen LogP contribution < -0.4 is 5.73 Å². The highest BCUT2D eigenvalue weighted by atomic mass is 32.1. The highest BCUT2D eigenvalue weighted by molar-refractivity contribution is 7.09. The van der Waals surface area contributed by atoms with Gasteiger partial charge in [0.15, 0.2) is 0 Å². The lowest BCUT2D eigenvalue weighted by Gasteiger charge is -2.21. The van der Waals surface area contributed by atoms with Gasteiger partial charge in [0.05, 0.1) is 11.2 Å². The molecule has 3 nitrogen and oxygen atoms in total. The molecule has 0 aromatic carbocycles. The Labute approximate surface area is 95.7 Å². The Balaban J connectivity index is 2.76. The van der Waals surface area contributed by atoms with Crippen LogP contribution in [0.5, 0.6) is 0 Å². The average Bonchev–Trinajstić information content (AvgIpc) is 2.64. The zero-order valence-electron chi connectivity index (χ0n) is 9.91. The third kappa shape index (κ3) is 3.26. The van der Waals surface area contributed by atoms with Crippen LogP contribution in [0, 0.1) is 0 Å². The normalized spacial score (nSPS) is 15.6. The molecule has 0 aliphatic heterocycles. The van der Waals surface area contributed by atoms with Crippen LogP contribution in [0.15, 0.2) is 5.38 Å². The maximum Gasteiger partial charge on any atom is 0.113 e. The Morgan fingerprint density at radius 3 is 2.73 bits per heavy atom. The number of nitrogens with two attached hydrogens (primary N) is 1. The van der Waals surface area contributed by atoms with Crippen LogP contribution in [0.4, 0.5) is 0 Å². The van der Waals surface area contributed by atoms with Gasteiger partial charge in [-0.05, 0) is 19.3 Å². The second-order valence-electron chi connectivity index (χ2n) is 4.39. The molecule has 4 heteroatoms. The molecule has 0 amide bonds. The van der Waals surface area contributed by atoms with Gasteiger partial charge < -0.3 is 10.5 Å². The van der Waals surface area contributed by atoms with Crippen molar-refractivity contribution in [1.29, 1.82) is 0 Å². The standard InChI is InChI=1S/C11H20N2OS/c1-8(2)9-7-15-10(13-9)11(3,12)5-6-14-4/h7-8H,5-6,12H2,1-4H3. The van der Waals surface area contributed by atoms with E-state index in [0.717, 1.165) is 17.1 Å². The molecule has 2 N–H and O–H groups in total. The molecular weight excluding hydrogens is 208 g/mol. The van der Waals surface area contributed by atoms with E-state index in [-0.39, 0.29) is 5.54 Å². The SMILES string of the molecule is COCCC(C)(N)c1nc(C(C)C)cs1. The van der Waals surface area contributed by atoms with E-state index < -0.39 is 0 Å². The summed E-state index contributed by atoms with van der Waals surface area (Å²) in [4.78, 5) is 4.57. The van der Waals surface area contributed by atoms with Crippen molar-refractivity contribution in [1.82, 2.24) is 4.98 Å². The van der Waals surface area contributed by atoms with Gasteiger partial charge in [0.2, 0.25) is 0 Å². The number of rotatable bonds is 5. The summed E-state index contributed by atoms with van der Waals surface area (Å²) in [6.45, 7) is 6.96. The van der Waals surface area contributed by atoms with Gasteiger partial charge in [-0.25, -0.2) is 4.98 Å². The first-order valence-corrected chi connectivity index (χ1v) is 6.09. The summed E-state index contributed by atoms with van der Waals surface area (Å²) in [6, 6.07) is 0. The van der Waals surface area contributed by atoms with Crippen LogP contribution in [-0.4, -0.2) is 18.7 Å². The third-order valence-electron chi connectivity index (χ3n) is 2.43. The van der Waals surface area contributed by atoms with Gasteiger partial charge in [-0.3, -0.25) is 0 Å². The van der Waals surface area contributed by atoms with E-state index in [9.17, 15) is 0 Å². The molecule has 0 spiro atoms. The zero-order valence-corrected chi connectivity index (χ0v) is 10.7. The van der Waals surface area contributed by atoms with E-state index in [2.05, 4.69) is 24.2 Å². The van der Waals surface area contributed by atoms with Crippen molar-refractivity contribution in [2.75, 3.05) is 13.7 Å². The van der Waals surface area contributed by atoms with Crippen LogP contribution in [0.2, 0.25) is 0 Å². The minimum absolute atomic E-state index is 0.367. The molecule has 1 atom stereocenters. The van der Waals surface area contributed by atoms with Crippen molar-refractivity contribution >= 4 is 11.3 Å². The van der Waals surface area contributed by atoms with Crippen molar-refractivity contribution in [3.63, 3.8) is 0 Å². The molecule has 1 aromatic heterocycles. The fourth-order valence-electron chi connectivity index (χ4n) is 1.23. The lowest BCUT2D eigenvalue weighted by atomic mass is 10.0. The van der Waals surface area contributed by atoms with Gasteiger partial charge in [0.1, 0.15) is 5.01 Å². The molecule has 0 saturated carbocycles. The lowest BCUT2D eigenvalue weighted by Crippen LogP contribution is -2.34. The van der Waals surface area contributed by atoms with Gasteiger partial charge >= 0.3 is 0 Å². The molecular formula is C11H20N2OS. The molecule has 1 aromatic rings. The fraction of sp³-hybridized carbons (Fsp3) is 0.727. The van der Waals surface area contributed by atoms with Gasteiger partial charge in [0.25, 0.3) is 0 Å². The fourth-order valence-corrected chi connectivity index (χ4v) is 2.32. The monoisotopic (exact) mass is 228 g/mol. The third-order valence-corrected chi connectivity index (χ3v) is 3.57. The molecule has 86 valence electrons. The van der Waals surface area contributed by atoms with E-state index in [1.807, 2.05) is 6.92 Å². The Morgan fingerprint density at radius 2 is 2.27 bits per heavy atom. The Kier molecular flexibility index (Phi) is 4.25. The van der Waals surface area contributed by atoms with E-state index in [0.29, 0.717) is 12.5 Å². The van der Waals surface area contributed by atoms with Gasteiger partial charge in [-0.1, -0.05) is 13.8 Å². The Bertz CT molecular complexity index is 307. The second kappa shape index (κ2) is 5.05. The van der Waals surface area contributed by atoms with Gasteiger partial charge in [-0.15, -0.1) is 11.3 Å². The maximum atomic E-state index is 6.21. The van der Waals surface area contributed by atoms with Gasteiger partial charge in [0, 0.05) is 19.1 Å². The summed E-state index contributed by atoms with van der Waals surface area (Å²) in [5.74, 6) is 0.466. The summed E-state index contributed by atoms with van der Waals surface area (Å²) in [7, 11) is 1.69. The van der Waals surface area contributed by atoms with Crippen molar-refractivity contribution in [3.05, 3.63) is 16.1 Å². The maximum absolute atomic E-state index is 6.21. The predicted octanol–water partition coefficient (Wildman–Crippen LogP) is 2.48. The van der Waals surface area contributed by atoms with E-state index >= 15 is 0 Å². The van der Waals surface area contributed by atoms with Crippen molar-refractivity contribution in [2.24, 2.45) is 5.73 Å². The Hall–Kier alpha value is -0.450. The topological polar surface area (TPSA) is 48.1 Å². The van der Waals surface area contributed by atoms with Gasteiger partial charge in [-0.2, -0.15) is 0 Å². The minimum atomic E-state index is -0.367. The summed E-state index contributed by atoms with van der Waals surface area (Å²) < 4.78 is 5.05. The highest BCUT2D eigenvalue weighted by Gasteiger charge is 2.24. The summed E-state index contributed by atoms with van der Waals surface area (Å²) in [5, 5.41) is 3.10. The van der Waals surface area contributed by atoms with E-state index in [1.54, 1.807) is 18.4 Å². The second-order valence-corrected chi connectivity index (χ2v) is 5.25. The number of ether oxygens (including phenoxy) is 1. The molecule has 0 aliphatic rings. The molecule has 0 bridgehead atoms. The minimum Gasteiger partial charge on any atom is -0.385 e. The van der Waals surface area contributed by atoms with Crippen molar-refractivity contribution < 1.29 is 4.74 Å². The molecule has 0 radical (unpaired) electrons. The van der Waals surface area contributed by atoms with Crippen LogP contribution in [0.3, 0.4) is 0 Å². The first-order valence-electron chi connectivity index (χ1n) is 5.21. The molecule has 0 aliphatic carbocycles. The van der Waals surface area contributed by atoms with Crippen molar-refractivity contribution in [2.45, 2.75) is 38.6 Å². The number of hydrogen-bond donors (Lipinski definition) is 1. The summed E-state index contributed by atoms with van der Waals surface area (Å²) in [6.07, 6.45) is 0.800. The highest BCUT2D eigenvalue weighted by Crippen LogP contribution is 2.27. The molecule has 15 heavy (non-hydrogen) atoms. The molecule has 1 unspecified atom stereocenters. The molecule has 0 saturated heterocycles. The number of thiazole rings is 1. The first kappa shape index (κ1) is 12.6. The quantitative estimate of drug-likeness (QED) is 0.842.